The molecule has 0 spiro atoms. The lowest BCUT2D eigenvalue weighted by molar-refractivity contribution is -0.128. The van der Waals surface area contributed by atoms with Crippen molar-refractivity contribution < 1.29 is 14.3 Å². The highest BCUT2D eigenvalue weighted by Gasteiger charge is 2.30. The summed E-state index contributed by atoms with van der Waals surface area (Å²) in [6.07, 6.45) is 1.34. The van der Waals surface area contributed by atoms with Crippen LogP contribution in [0.4, 0.5) is 0 Å². The predicted octanol–water partition coefficient (Wildman–Crippen LogP) is 2.43. The summed E-state index contributed by atoms with van der Waals surface area (Å²) in [5.74, 6) is -0.432. The molecule has 6 nitrogen and oxygen atoms in total. The van der Waals surface area contributed by atoms with Crippen molar-refractivity contribution in [1.29, 1.82) is 0 Å². The van der Waals surface area contributed by atoms with E-state index in [-0.39, 0.29) is 5.91 Å². The van der Waals surface area contributed by atoms with Gasteiger partial charge in [-0.25, -0.2) is 9.48 Å². The van der Waals surface area contributed by atoms with Crippen LogP contribution in [0.1, 0.15) is 48.8 Å². The first-order chi connectivity index (χ1) is 11.6. The monoisotopic (exact) mass is 327 g/mol. The van der Waals surface area contributed by atoms with Crippen molar-refractivity contribution in [3.8, 4) is 5.69 Å². The molecule has 2 aromatic rings. The average molecular weight is 327 g/mol. The van der Waals surface area contributed by atoms with Crippen molar-refractivity contribution in [2.75, 3.05) is 6.54 Å². The number of rotatable bonds is 6. The van der Waals surface area contributed by atoms with Gasteiger partial charge in [-0.15, -0.1) is 0 Å². The largest absolute Gasteiger partial charge is 0.448 e. The van der Waals surface area contributed by atoms with Gasteiger partial charge in [-0.3, -0.25) is 4.79 Å². The molecule has 0 saturated heterocycles. The molecular formula is C18H21N3O3. The number of ether oxygens (including phenoxy) is 1. The first kappa shape index (κ1) is 16.2. The van der Waals surface area contributed by atoms with Crippen molar-refractivity contribution >= 4 is 11.9 Å². The number of esters is 1. The summed E-state index contributed by atoms with van der Waals surface area (Å²) in [6, 6.07) is 11.2. The normalized spacial score (nSPS) is 14.9. The van der Waals surface area contributed by atoms with E-state index in [9.17, 15) is 9.59 Å². The highest BCUT2D eigenvalue weighted by molar-refractivity contribution is 5.91. The van der Waals surface area contributed by atoms with Gasteiger partial charge < -0.3 is 10.1 Å². The van der Waals surface area contributed by atoms with Gasteiger partial charge in [0.2, 0.25) is 0 Å². The fourth-order valence-electron chi connectivity index (χ4n) is 2.48. The molecule has 1 aromatic carbocycles. The lowest BCUT2D eigenvalue weighted by atomic mass is 10.2. The number of para-hydroxylation sites is 1. The first-order valence-electron chi connectivity index (χ1n) is 8.24. The number of likely N-dealkylation sites (N-methyl/N-ethyl adjacent to an activating group) is 1. The Balaban J connectivity index is 1.86. The summed E-state index contributed by atoms with van der Waals surface area (Å²) < 4.78 is 6.91. The summed E-state index contributed by atoms with van der Waals surface area (Å²) in [6.45, 7) is 3.88. The number of amides is 1. The van der Waals surface area contributed by atoms with Crippen LogP contribution < -0.4 is 5.32 Å². The lowest BCUT2D eigenvalue weighted by Gasteiger charge is -2.13. The quantitative estimate of drug-likeness (QED) is 0.827. The highest BCUT2D eigenvalue weighted by Crippen LogP contribution is 2.39. The summed E-state index contributed by atoms with van der Waals surface area (Å²) in [5.41, 5.74) is 2.04. The van der Waals surface area contributed by atoms with Gasteiger partial charge in [-0.2, -0.15) is 5.10 Å². The Morgan fingerprint density at radius 1 is 1.33 bits per heavy atom. The second kappa shape index (κ2) is 6.86. The highest BCUT2D eigenvalue weighted by atomic mass is 16.5. The van der Waals surface area contributed by atoms with E-state index in [2.05, 4.69) is 10.4 Å². The number of nitrogens with zero attached hydrogens (tertiary/aromatic N) is 2. The summed E-state index contributed by atoms with van der Waals surface area (Å²) in [4.78, 5) is 24.3. The van der Waals surface area contributed by atoms with E-state index in [1.807, 2.05) is 37.3 Å². The summed E-state index contributed by atoms with van der Waals surface area (Å²) >= 11 is 0. The third-order valence-electron chi connectivity index (χ3n) is 3.94. The SMILES string of the molecule is CCNC(=O)[C@H](C)OC(=O)c1cc(C2CC2)nn1-c1ccccc1. The van der Waals surface area contributed by atoms with Crippen LogP contribution in [0.3, 0.4) is 0 Å². The van der Waals surface area contributed by atoms with Crippen LogP contribution in [0, 0.1) is 0 Å². The maximum absolute atomic E-state index is 12.6. The smallest absolute Gasteiger partial charge is 0.357 e. The molecule has 0 radical (unpaired) electrons. The van der Waals surface area contributed by atoms with Crippen LogP contribution >= 0.6 is 0 Å². The third-order valence-corrected chi connectivity index (χ3v) is 3.94. The molecule has 126 valence electrons. The van der Waals surface area contributed by atoms with E-state index in [4.69, 9.17) is 4.74 Å². The molecular weight excluding hydrogens is 306 g/mol. The van der Waals surface area contributed by atoms with Crippen LogP contribution in [-0.2, 0) is 9.53 Å². The molecule has 0 unspecified atom stereocenters. The van der Waals surface area contributed by atoms with Gasteiger partial charge in [-0.1, -0.05) is 18.2 Å². The molecule has 1 N–H and O–H groups in total. The van der Waals surface area contributed by atoms with E-state index >= 15 is 0 Å². The molecule has 1 saturated carbocycles. The lowest BCUT2D eigenvalue weighted by Crippen LogP contribution is -2.35. The van der Waals surface area contributed by atoms with Crippen LogP contribution in [0.15, 0.2) is 36.4 Å². The zero-order valence-corrected chi connectivity index (χ0v) is 13.9. The topological polar surface area (TPSA) is 73.2 Å². The van der Waals surface area contributed by atoms with Crippen LogP contribution in [0.2, 0.25) is 0 Å². The van der Waals surface area contributed by atoms with Gasteiger partial charge in [0.1, 0.15) is 0 Å². The number of hydrogen-bond acceptors (Lipinski definition) is 4. The van der Waals surface area contributed by atoms with E-state index < -0.39 is 12.1 Å². The van der Waals surface area contributed by atoms with E-state index in [1.165, 1.54) is 0 Å². The number of carbonyl (C=O) groups excluding carboxylic acids is 2. The second-order valence-electron chi connectivity index (χ2n) is 5.92. The number of carbonyl (C=O) groups is 2. The van der Waals surface area contributed by atoms with Gasteiger partial charge in [0.05, 0.1) is 11.4 Å². The van der Waals surface area contributed by atoms with E-state index in [0.717, 1.165) is 24.2 Å². The van der Waals surface area contributed by atoms with E-state index in [0.29, 0.717) is 18.2 Å². The van der Waals surface area contributed by atoms with Crippen LogP contribution in [-0.4, -0.2) is 34.3 Å². The molecule has 0 bridgehead atoms. The van der Waals surface area contributed by atoms with Crippen molar-refractivity contribution in [1.82, 2.24) is 15.1 Å². The third kappa shape index (κ3) is 3.48. The van der Waals surface area contributed by atoms with Gasteiger partial charge in [0.15, 0.2) is 11.8 Å². The summed E-state index contributed by atoms with van der Waals surface area (Å²) in [5, 5.41) is 7.21. The number of hydrogen-bond donors (Lipinski definition) is 1. The zero-order chi connectivity index (χ0) is 17.1. The molecule has 24 heavy (non-hydrogen) atoms. The van der Waals surface area contributed by atoms with Gasteiger partial charge in [-0.05, 0) is 44.9 Å². The number of aromatic nitrogens is 2. The molecule has 6 heteroatoms. The molecule has 1 aromatic heterocycles. The standard InChI is InChI=1S/C18H21N3O3/c1-3-19-17(22)12(2)24-18(23)16-11-15(13-9-10-13)20-21(16)14-7-5-4-6-8-14/h4-8,11-13H,3,9-10H2,1-2H3,(H,19,22)/t12-/m0/s1. The Morgan fingerprint density at radius 2 is 2.04 bits per heavy atom. The summed E-state index contributed by atoms with van der Waals surface area (Å²) in [7, 11) is 0. The van der Waals surface area contributed by atoms with Crippen molar-refractivity contribution in [2.24, 2.45) is 0 Å². The Labute approximate surface area is 140 Å². The van der Waals surface area contributed by atoms with Crippen molar-refractivity contribution in [2.45, 2.75) is 38.7 Å². The molecule has 0 aliphatic heterocycles. The average Bonchev–Trinajstić information content (AvgIpc) is 3.34. The fraction of sp³-hybridized carbons (Fsp3) is 0.389. The Morgan fingerprint density at radius 3 is 2.67 bits per heavy atom. The molecule has 1 aliphatic carbocycles. The van der Waals surface area contributed by atoms with Crippen molar-refractivity contribution in [3.63, 3.8) is 0 Å². The minimum Gasteiger partial charge on any atom is -0.448 e. The Kier molecular flexibility index (Phi) is 4.64. The molecule has 1 atom stereocenters. The number of benzene rings is 1. The van der Waals surface area contributed by atoms with E-state index in [1.54, 1.807) is 17.7 Å². The van der Waals surface area contributed by atoms with Crippen LogP contribution in [0.5, 0.6) is 0 Å². The predicted molar refractivity (Wildman–Crippen MR) is 89.1 cm³/mol. The first-order valence-corrected chi connectivity index (χ1v) is 8.24. The molecule has 1 aliphatic rings. The minimum atomic E-state index is -0.846. The van der Waals surface area contributed by atoms with Gasteiger partial charge >= 0.3 is 5.97 Å². The number of nitrogens with one attached hydrogen (secondary N) is 1. The Hall–Kier alpha value is -2.63. The zero-order valence-electron chi connectivity index (χ0n) is 13.9. The molecule has 1 fully saturated rings. The molecule has 1 heterocycles. The second-order valence-corrected chi connectivity index (χ2v) is 5.92. The molecule has 1 amide bonds. The minimum absolute atomic E-state index is 0.306. The van der Waals surface area contributed by atoms with Crippen molar-refractivity contribution in [3.05, 3.63) is 47.8 Å². The molecule has 3 rings (SSSR count). The van der Waals surface area contributed by atoms with Crippen LogP contribution in [0.25, 0.3) is 5.69 Å². The maximum atomic E-state index is 12.6. The Bertz CT molecular complexity index is 735. The van der Waals surface area contributed by atoms with Gasteiger partial charge in [0, 0.05) is 12.5 Å². The fourth-order valence-corrected chi connectivity index (χ4v) is 2.48. The maximum Gasteiger partial charge on any atom is 0.357 e. The van der Waals surface area contributed by atoms with Gasteiger partial charge in [0.25, 0.3) is 5.91 Å².